The average molecular weight is 533 g/mol. The third kappa shape index (κ3) is 6.19. The molecule has 9 nitrogen and oxygen atoms in total. The van der Waals surface area contributed by atoms with Gasteiger partial charge in [0.15, 0.2) is 5.78 Å². The van der Waals surface area contributed by atoms with E-state index in [2.05, 4.69) is 0 Å². The highest BCUT2D eigenvalue weighted by Gasteiger charge is 2.36. The van der Waals surface area contributed by atoms with Gasteiger partial charge in [0.2, 0.25) is 5.91 Å². The van der Waals surface area contributed by atoms with E-state index in [1.165, 1.54) is 34.0 Å². The Hall–Kier alpha value is -4.01. The summed E-state index contributed by atoms with van der Waals surface area (Å²) in [4.78, 5) is 54.7. The van der Waals surface area contributed by atoms with Crippen LogP contribution in [0.1, 0.15) is 68.8 Å². The summed E-state index contributed by atoms with van der Waals surface area (Å²) < 4.78 is 0. The van der Waals surface area contributed by atoms with Crippen LogP contribution in [0.3, 0.4) is 0 Å². The van der Waals surface area contributed by atoms with Crippen molar-refractivity contribution in [3.05, 3.63) is 59.7 Å². The first-order chi connectivity index (χ1) is 18.5. The number of aromatic carboxylic acids is 1. The lowest BCUT2D eigenvalue weighted by atomic mass is 9.83. The molecule has 0 radical (unpaired) electrons. The number of ketones is 1. The van der Waals surface area contributed by atoms with E-state index in [0.717, 1.165) is 43.4 Å². The Labute approximate surface area is 229 Å². The van der Waals surface area contributed by atoms with Crippen molar-refractivity contribution >= 4 is 40.8 Å². The number of hydrazone groups is 1. The van der Waals surface area contributed by atoms with Crippen LogP contribution < -0.4 is 9.80 Å². The molecule has 1 heterocycles. The number of rotatable bonds is 7. The van der Waals surface area contributed by atoms with E-state index in [0.29, 0.717) is 11.4 Å². The number of urea groups is 1. The summed E-state index contributed by atoms with van der Waals surface area (Å²) >= 11 is 0. The molecule has 0 saturated heterocycles. The van der Waals surface area contributed by atoms with Gasteiger partial charge in [-0.05, 0) is 37.1 Å². The van der Waals surface area contributed by atoms with Gasteiger partial charge < -0.3 is 10.0 Å². The summed E-state index contributed by atoms with van der Waals surface area (Å²) in [5.41, 5.74) is 1.95. The molecule has 0 spiro atoms. The minimum absolute atomic E-state index is 0.0536. The molecule has 0 bridgehead atoms. The van der Waals surface area contributed by atoms with Gasteiger partial charge in [-0.25, -0.2) is 14.6 Å². The van der Waals surface area contributed by atoms with E-state index in [-0.39, 0.29) is 30.4 Å². The van der Waals surface area contributed by atoms with Crippen LogP contribution in [0.15, 0.2) is 53.6 Å². The van der Waals surface area contributed by atoms with Crippen molar-refractivity contribution < 1.29 is 24.3 Å². The van der Waals surface area contributed by atoms with E-state index < -0.39 is 23.3 Å². The van der Waals surface area contributed by atoms with Crippen molar-refractivity contribution in [3.63, 3.8) is 0 Å². The molecule has 1 aliphatic heterocycles. The minimum atomic E-state index is -1.10. The highest BCUT2D eigenvalue weighted by molar-refractivity contribution is 6.13. The number of benzene rings is 2. The predicted octanol–water partition coefficient (Wildman–Crippen LogP) is 5.19. The van der Waals surface area contributed by atoms with Crippen molar-refractivity contribution in [1.29, 1.82) is 0 Å². The molecule has 4 rings (SSSR count). The lowest BCUT2D eigenvalue weighted by Gasteiger charge is -2.29. The van der Waals surface area contributed by atoms with Crippen LogP contribution in [0.25, 0.3) is 0 Å². The number of hydrogen-bond acceptors (Lipinski definition) is 5. The maximum atomic E-state index is 14.0. The van der Waals surface area contributed by atoms with Crippen LogP contribution in [0.4, 0.5) is 16.2 Å². The quantitative estimate of drug-likeness (QED) is 0.528. The Balaban J connectivity index is 1.73. The van der Waals surface area contributed by atoms with Gasteiger partial charge in [-0.2, -0.15) is 5.10 Å². The molecule has 39 heavy (non-hydrogen) atoms. The lowest BCUT2D eigenvalue weighted by molar-refractivity contribution is -0.124. The smallest absolute Gasteiger partial charge is 0.345 e. The molecule has 1 N–H and O–H groups in total. The fraction of sp³-hybridized carbons (Fsp3) is 0.433. The molecular weight excluding hydrogens is 496 g/mol. The minimum Gasteiger partial charge on any atom is -0.478 e. The van der Waals surface area contributed by atoms with E-state index in [9.17, 15) is 24.3 Å². The Bertz CT molecular complexity index is 1310. The first-order valence-electron chi connectivity index (χ1n) is 13.4. The highest BCUT2D eigenvalue weighted by atomic mass is 16.4. The fourth-order valence-electron chi connectivity index (χ4n) is 4.93. The van der Waals surface area contributed by atoms with Crippen molar-refractivity contribution in [3.8, 4) is 0 Å². The Morgan fingerprint density at radius 1 is 1.00 bits per heavy atom. The maximum absolute atomic E-state index is 14.0. The number of para-hydroxylation sites is 1. The largest absolute Gasteiger partial charge is 0.478 e. The van der Waals surface area contributed by atoms with Gasteiger partial charge in [0.05, 0.1) is 23.5 Å². The molecule has 0 unspecified atom stereocenters. The molecule has 1 saturated carbocycles. The third-order valence-electron chi connectivity index (χ3n) is 7.42. The van der Waals surface area contributed by atoms with Crippen molar-refractivity contribution in [2.45, 2.75) is 52.9 Å². The summed E-state index contributed by atoms with van der Waals surface area (Å²) in [6.45, 7) is 4.93. The zero-order chi connectivity index (χ0) is 28.3. The van der Waals surface area contributed by atoms with Gasteiger partial charge in [-0.15, -0.1) is 0 Å². The van der Waals surface area contributed by atoms with Gasteiger partial charge in [0, 0.05) is 29.6 Å². The number of carboxylic acids is 1. The maximum Gasteiger partial charge on any atom is 0.345 e. The van der Waals surface area contributed by atoms with Gasteiger partial charge in [-0.3, -0.25) is 14.5 Å². The molecule has 0 atom stereocenters. The number of hydrogen-bond donors (Lipinski definition) is 1. The molecule has 1 aliphatic carbocycles. The highest BCUT2D eigenvalue weighted by Crippen LogP contribution is 2.34. The van der Waals surface area contributed by atoms with Crippen LogP contribution in [0, 0.1) is 11.3 Å². The molecule has 0 aromatic heterocycles. The van der Waals surface area contributed by atoms with Crippen molar-refractivity contribution in [2.24, 2.45) is 16.4 Å². The number of carbonyl (C=O) groups excluding carboxylic acids is 3. The number of amides is 3. The predicted molar refractivity (Wildman–Crippen MR) is 150 cm³/mol. The monoisotopic (exact) mass is 532 g/mol. The van der Waals surface area contributed by atoms with E-state index in [4.69, 9.17) is 5.10 Å². The average Bonchev–Trinajstić information content (AvgIpc) is 3.03. The van der Waals surface area contributed by atoms with Crippen LogP contribution in [0.2, 0.25) is 0 Å². The summed E-state index contributed by atoms with van der Waals surface area (Å²) in [5.74, 6) is -1.51. The molecule has 206 valence electrons. The number of likely N-dealkylation sites (N-methyl/N-ethyl adjacent to an activating group) is 1. The van der Waals surface area contributed by atoms with Crippen LogP contribution in [-0.2, 0) is 9.59 Å². The van der Waals surface area contributed by atoms with Crippen molar-refractivity contribution in [1.82, 2.24) is 5.01 Å². The molecule has 2 aliphatic rings. The van der Waals surface area contributed by atoms with Gasteiger partial charge in [0.1, 0.15) is 6.54 Å². The summed E-state index contributed by atoms with van der Waals surface area (Å²) in [7, 11) is 1.53. The SMILES string of the molecule is CN(C(=O)CN1N=C(C2CCCCC2)c2ccccc2N(CC(=O)C(C)(C)C)C1=O)c1cccc(C(=O)O)c1. The number of carboxylic acid groups (broad SMARTS) is 1. The topological polar surface area (TPSA) is 111 Å². The lowest BCUT2D eigenvalue weighted by Crippen LogP contribution is -2.48. The Morgan fingerprint density at radius 3 is 2.36 bits per heavy atom. The van der Waals surface area contributed by atoms with Gasteiger partial charge in [-0.1, -0.05) is 64.3 Å². The summed E-state index contributed by atoms with van der Waals surface area (Å²) in [6, 6.07) is 13.0. The van der Waals surface area contributed by atoms with E-state index in [1.54, 1.807) is 12.1 Å². The van der Waals surface area contributed by atoms with Crippen LogP contribution >= 0.6 is 0 Å². The van der Waals surface area contributed by atoms with Crippen LogP contribution in [-0.4, -0.2) is 59.7 Å². The number of fused-ring (bicyclic) bond motifs is 1. The van der Waals surface area contributed by atoms with E-state index >= 15 is 0 Å². The molecule has 2 aromatic carbocycles. The molecule has 3 amide bonds. The van der Waals surface area contributed by atoms with Crippen molar-refractivity contribution in [2.75, 3.05) is 29.9 Å². The summed E-state index contributed by atoms with van der Waals surface area (Å²) in [6.07, 6.45) is 5.15. The summed E-state index contributed by atoms with van der Waals surface area (Å²) in [5, 5.41) is 15.3. The molecule has 2 aromatic rings. The first kappa shape index (κ1) is 28.0. The zero-order valence-corrected chi connectivity index (χ0v) is 23.0. The van der Waals surface area contributed by atoms with Crippen LogP contribution in [0.5, 0.6) is 0 Å². The first-order valence-corrected chi connectivity index (χ1v) is 13.4. The van der Waals surface area contributed by atoms with Gasteiger partial charge >= 0.3 is 12.0 Å². The number of Topliss-reactive ketones (excluding diaryl/α,β-unsaturated/α-hetero) is 1. The second-order valence-electron chi connectivity index (χ2n) is 11.2. The number of carbonyl (C=O) groups is 4. The van der Waals surface area contributed by atoms with Gasteiger partial charge in [0.25, 0.3) is 0 Å². The zero-order valence-electron chi connectivity index (χ0n) is 23.0. The number of nitrogens with zero attached hydrogens (tertiary/aromatic N) is 4. The fourth-order valence-corrected chi connectivity index (χ4v) is 4.93. The second-order valence-corrected chi connectivity index (χ2v) is 11.2. The standard InChI is InChI=1S/C30H36N4O5/c1-30(2,3)25(35)18-33-24-16-9-8-15-23(24)27(20-11-6-5-7-12-20)31-34(29(33)39)19-26(36)32(4)22-14-10-13-21(17-22)28(37)38/h8-10,13-17,20H,5-7,11-12,18-19H2,1-4H3,(H,37,38). The second kappa shape index (κ2) is 11.4. The Kier molecular flexibility index (Phi) is 8.18. The molecular formula is C30H36N4O5. The molecule has 1 fully saturated rings. The third-order valence-corrected chi connectivity index (χ3v) is 7.42. The van der Waals surface area contributed by atoms with E-state index in [1.807, 2.05) is 45.0 Å². The number of anilines is 2. The Morgan fingerprint density at radius 2 is 1.69 bits per heavy atom. The normalized spacial score (nSPS) is 16.3. The molecule has 9 heteroatoms.